The molecular weight excluding hydrogens is 356 g/mol. The predicted molar refractivity (Wildman–Crippen MR) is 104 cm³/mol. The molecule has 0 amide bonds. The average molecular weight is 371 g/mol. The molecule has 4 aromatic rings. The first kappa shape index (κ1) is 14.0. The summed E-state index contributed by atoms with van der Waals surface area (Å²) in [5, 5.41) is 2.67. The molecule has 0 bridgehead atoms. The summed E-state index contributed by atoms with van der Waals surface area (Å²) in [7, 11) is 0. The van der Waals surface area contributed by atoms with Crippen molar-refractivity contribution < 1.29 is 0 Å². The minimum Gasteiger partial charge on any atom is -0.0619 e. The number of hydrogen-bond acceptors (Lipinski definition) is 0. The molecule has 4 aromatic carbocycles. The van der Waals surface area contributed by atoms with Gasteiger partial charge in [-0.3, -0.25) is 0 Å². The highest BCUT2D eigenvalue weighted by Crippen LogP contribution is 2.50. The molecule has 114 valence electrons. The zero-order valence-electron chi connectivity index (χ0n) is 13.0. The Morgan fingerprint density at radius 2 is 1.38 bits per heavy atom. The molecule has 0 saturated heterocycles. The summed E-state index contributed by atoms with van der Waals surface area (Å²) in [6, 6.07) is 30.8. The lowest BCUT2D eigenvalue weighted by Gasteiger charge is -2.16. The van der Waals surface area contributed by atoms with Crippen molar-refractivity contribution >= 4 is 26.7 Å². The van der Waals surface area contributed by atoms with Gasteiger partial charge in [0.15, 0.2) is 0 Å². The average Bonchev–Trinajstić information content (AvgIpc) is 2.97. The van der Waals surface area contributed by atoms with Gasteiger partial charge < -0.3 is 0 Å². The van der Waals surface area contributed by atoms with Gasteiger partial charge in [-0.15, -0.1) is 0 Å². The Morgan fingerprint density at radius 3 is 2.25 bits per heavy atom. The van der Waals surface area contributed by atoms with Crippen LogP contribution in [0.15, 0.2) is 89.4 Å². The summed E-state index contributed by atoms with van der Waals surface area (Å²) in [5.74, 6) is 0.301. The van der Waals surface area contributed by atoms with E-state index in [-0.39, 0.29) is 0 Å². The maximum Gasteiger partial charge on any atom is 0.0358 e. The molecule has 24 heavy (non-hydrogen) atoms. The first-order chi connectivity index (χ1) is 11.8. The van der Waals surface area contributed by atoms with E-state index in [1.165, 1.54) is 38.6 Å². The summed E-state index contributed by atoms with van der Waals surface area (Å²) in [4.78, 5) is 0. The van der Waals surface area contributed by atoms with Crippen LogP contribution in [-0.4, -0.2) is 0 Å². The molecule has 1 aliphatic rings. The van der Waals surface area contributed by atoms with Gasteiger partial charge in [-0.1, -0.05) is 88.7 Å². The van der Waals surface area contributed by atoms with Gasteiger partial charge in [0.05, 0.1) is 0 Å². The molecule has 1 unspecified atom stereocenters. The Labute approximate surface area is 149 Å². The highest BCUT2D eigenvalue weighted by atomic mass is 79.9. The van der Waals surface area contributed by atoms with E-state index in [0.717, 1.165) is 4.47 Å². The van der Waals surface area contributed by atoms with Crippen molar-refractivity contribution in [2.24, 2.45) is 0 Å². The van der Waals surface area contributed by atoms with Crippen molar-refractivity contribution in [3.8, 4) is 11.1 Å². The van der Waals surface area contributed by atoms with E-state index in [1.807, 2.05) is 0 Å². The van der Waals surface area contributed by atoms with Gasteiger partial charge in [-0.05, 0) is 50.7 Å². The van der Waals surface area contributed by atoms with Crippen molar-refractivity contribution in [1.82, 2.24) is 0 Å². The van der Waals surface area contributed by atoms with E-state index in [1.54, 1.807) is 0 Å². The number of fused-ring (bicyclic) bond motifs is 5. The molecular formula is C23H15Br. The van der Waals surface area contributed by atoms with E-state index < -0.39 is 0 Å². The van der Waals surface area contributed by atoms with E-state index in [0.29, 0.717) is 5.92 Å². The van der Waals surface area contributed by atoms with Crippen LogP contribution >= 0.6 is 15.9 Å². The van der Waals surface area contributed by atoms with Gasteiger partial charge in [-0.2, -0.15) is 0 Å². The Kier molecular flexibility index (Phi) is 3.11. The number of rotatable bonds is 1. The molecule has 1 atom stereocenters. The number of halogens is 1. The maximum absolute atomic E-state index is 3.56. The first-order valence-corrected chi connectivity index (χ1v) is 8.98. The van der Waals surface area contributed by atoms with Crippen molar-refractivity contribution in [1.29, 1.82) is 0 Å². The Morgan fingerprint density at radius 1 is 0.625 bits per heavy atom. The molecule has 0 aliphatic heterocycles. The van der Waals surface area contributed by atoms with Gasteiger partial charge in [0.2, 0.25) is 0 Å². The molecule has 1 aliphatic carbocycles. The highest BCUT2D eigenvalue weighted by molar-refractivity contribution is 9.10. The van der Waals surface area contributed by atoms with Crippen LogP contribution in [0.1, 0.15) is 22.6 Å². The topological polar surface area (TPSA) is 0 Å². The summed E-state index contributed by atoms with van der Waals surface area (Å²) < 4.78 is 1.12. The molecule has 0 N–H and O–H groups in total. The zero-order valence-corrected chi connectivity index (χ0v) is 14.6. The largest absolute Gasteiger partial charge is 0.0619 e. The van der Waals surface area contributed by atoms with Gasteiger partial charge in [-0.25, -0.2) is 0 Å². The lowest BCUT2D eigenvalue weighted by molar-refractivity contribution is 1.03. The van der Waals surface area contributed by atoms with Crippen molar-refractivity contribution in [3.05, 3.63) is 106 Å². The third-order valence-electron chi connectivity index (χ3n) is 5.02. The SMILES string of the molecule is Brc1ccc(C2c3ccccc3-c3ccc4ccccc4c32)cc1. The van der Waals surface area contributed by atoms with Crippen molar-refractivity contribution in [2.75, 3.05) is 0 Å². The fraction of sp³-hybridized carbons (Fsp3) is 0.0435. The first-order valence-electron chi connectivity index (χ1n) is 8.19. The van der Waals surface area contributed by atoms with E-state index in [4.69, 9.17) is 0 Å². The minimum absolute atomic E-state index is 0.301. The Bertz CT molecular complexity index is 1060. The fourth-order valence-corrected chi connectivity index (χ4v) is 4.26. The summed E-state index contributed by atoms with van der Waals surface area (Å²) in [5.41, 5.74) is 6.94. The molecule has 0 fully saturated rings. The van der Waals surface area contributed by atoms with Crippen LogP contribution in [0.25, 0.3) is 21.9 Å². The van der Waals surface area contributed by atoms with Crippen molar-refractivity contribution in [2.45, 2.75) is 5.92 Å². The fourth-order valence-electron chi connectivity index (χ4n) is 3.99. The van der Waals surface area contributed by atoms with Crippen LogP contribution in [0.5, 0.6) is 0 Å². The Hall–Kier alpha value is -2.38. The van der Waals surface area contributed by atoms with Crippen LogP contribution in [0.2, 0.25) is 0 Å². The molecule has 0 aromatic heterocycles. The standard InChI is InChI=1S/C23H15Br/c24-17-12-9-16(10-13-17)22-20-8-4-3-7-19(20)21-14-11-15-5-1-2-6-18(15)23(21)22/h1-14,22H. The molecule has 5 rings (SSSR count). The second-order valence-electron chi connectivity index (χ2n) is 6.32. The number of benzene rings is 4. The third kappa shape index (κ3) is 1.98. The van der Waals surface area contributed by atoms with Crippen LogP contribution < -0.4 is 0 Å². The van der Waals surface area contributed by atoms with E-state index in [9.17, 15) is 0 Å². The summed E-state index contributed by atoms with van der Waals surface area (Å²) >= 11 is 3.56. The lowest BCUT2D eigenvalue weighted by atomic mass is 9.87. The highest BCUT2D eigenvalue weighted by Gasteiger charge is 2.31. The summed E-state index contributed by atoms with van der Waals surface area (Å²) in [6.07, 6.45) is 0. The minimum atomic E-state index is 0.301. The smallest absolute Gasteiger partial charge is 0.0358 e. The van der Waals surface area contributed by atoms with Gasteiger partial charge >= 0.3 is 0 Å². The molecule has 1 heteroatoms. The predicted octanol–water partition coefficient (Wildman–Crippen LogP) is 6.76. The normalized spacial score (nSPS) is 15.3. The Balaban J connectivity index is 1.87. The number of hydrogen-bond donors (Lipinski definition) is 0. The quantitative estimate of drug-likeness (QED) is 0.305. The molecule has 0 heterocycles. The monoisotopic (exact) mass is 370 g/mol. The van der Waals surface area contributed by atoms with Gasteiger partial charge in [0.25, 0.3) is 0 Å². The van der Waals surface area contributed by atoms with E-state index >= 15 is 0 Å². The van der Waals surface area contributed by atoms with Crippen LogP contribution in [0, 0.1) is 0 Å². The molecule has 0 nitrogen and oxygen atoms in total. The van der Waals surface area contributed by atoms with Crippen LogP contribution in [0.3, 0.4) is 0 Å². The second kappa shape index (κ2) is 5.32. The third-order valence-corrected chi connectivity index (χ3v) is 5.55. The van der Waals surface area contributed by atoms with Crippen LogP contribution in [-0.2, 0) is 0 Å². The molecule has 0 radical (unpaired) electrons. The second-order valence-corrected chi connectivity index (χ2v) is 7.24. The molecule has 0 saturated carbocycles. The molecule has 0 spiro atoms. The zero-order chi connectivity index (χ0) is 16.1. The van der Waals surface area contributed by atoms with Crippen molar-refractivity contribution in [3.63, 3.8) is 0 Å². The maximum atomic E-state index is 3.56. The van der Waals surface area contributed by atoms with Gasteiger partial charge in [0.1, 0.15) is 0 Å². The lowest BCUT2D eigenvalue weighted by Crippen LogP contribution is -1.99. The van der Waals surface area contributed by atoms with E-state index in [2.05, 4.69) is 101 Å². The van der Waals surface area contributed by atoms with Gasteiger partial charge in [0, 0.05) is 10.4 Å². The summed E-state index contributed by atoms with van der Waals surface area (Å²) in [6.45, 7) is 0. The van der Waals surface area contributed by atoms with Crippen LogP contribution in [0.4, 0.5) is 0 Å².